The number of benzene rings is 1. The number of rotatable bonds is 6. The summed E-state index contributed by atoms with van der Waals surface area (Å²) in [6.07, 6.45) is 0.789. The number of nitro benzene ring substituents is 1. The van der Waals surface area contributed by atoms with Crippen LogP contribution in [0.2, 0.25) is 0 Å². The quantitative estimate of drug-likeness (QED) is 0.617. The number of hydrogen-bond acceptors (Lipinski definition) is 4. The third-order valence-corrected chi connectivity index (χ3v) is 3.89. The van der Waals surface area contributed by atoms with Gasteiger partial charge < -0.3 is 10.1 Å². The molecule has 0 aromatic heterocycles. The second-order valence-corrected chi connectivity index (χ2v) is 6.44. The number of nitrogens with one attached hydrogen (secondary N) is 1. The molecule has 0 aliphatic heterocycles. The van der Waals surface area contributed by atoms with Gasteiger partial charge in [-0.3, -0.25) is 10.1 Å². The van der Waals surface area contributed by atoms with Gasteiger partial charge >= 0.3 is 0 Å². The van der Waals surface area contributed by atoms with Gasteiger partial charge in [-0.25, -0.2) is 0 Å². The van der Waals surface area contributed by atoms with E-state index in [2.05, 4.69) is 21.2 Å². The predicted octanol–water partition coefficient (Wildman–Crippen LogP) is 4.28. The van der Waals surface area contributed by atoms with Gasteiger partial charge in [0.25, 0.3) is 5.69 Å². The maximum atomic E-state index is 11.0. The van der Waals surface area contributed by atoms with E-state index in [1.807, 2.05) is 20.8 Å². The molecule has 5 nitrogen and oxygen atoms in total. The van der Waals surface area contributed by atoms with Gasteiger partial charge in [-0.1, -0.05) is 0 Å². The van der Waals surface area contributed by atoms with Gasteiger partial charge in [0.15, 0.2) is 0 Å². The maximum absolute atomic E-state index is 11.0. The van der Waals surface area contributed by atoms with E-state index >= 15 is 0 Å². The zero-order valence-corrected chi connectivity index (χ0v) is 14.1. The molecule has 1 rings (SSSR count). The standard InChI is InChI=1S/C14H21BrN2O3/c1-9-6-11(15)12(7-13(9)17(18)19)16-10(2)8-14(3,4)20-5/h6-7,10,16H,8H2,1-5H3. The van der Waals surface area contributed by atoms with Crippen LogP contribution in [0.5, 0.6) is 0 Å². The minimum atomic E-state index is -0.364. The number of aryl methyl sites for hydroxylation is 1. The highest BCUT2D eigenvalue weighted by molar-refractivity contribution is 9.10. The number of nitro groups is 1. The lowest BCUT2D eigenvalue weighted by atomic mass is 9.99. The topological polar surface area (TPSA) is 64.4 Å². The Morgan fingerprint density at radius 3 is 2.60 bits per heavy atom. The Morgan fingerprint density at radius 2 is 2.10 bits per heavy atom. The molecule has 1 aromatic carbocycles. The Morgan fingerprint density at radius 1 is 1.50 bits per heavy atom. The highest BCUT2D eigenvalue weighted by Crippen LogP contribution is 2.31. The van der Waals surface area contributed by atoms with Gasteiger partial charge in [0.2, 0.25) is 0 Å². The van der Waals surface area contributed by atoms with Gasteiger partial charge in [0.1, 0.15) is 0 Å². The summed E-state index contributed by atoms with van der Waals surface area (Å²) in [5.41, 5.74) is 1.24. The van der Waals surface area contributed by atoms with E-state index < -0.39 is 0 Å². The first-order valence-electron chi connectivity index (χ1n) is 6.42. The molecule has 20 heavy (non-hydrogen) atoms. The monoisotopic (exact) mass is 344 g/mol. The molecular weight excluding hydrogens is 324 g/mol. The third-order valence-electron chi connectivity index (χ3n) is 3.23. The molecule has 0 saturated carbocycles. The van der Waals surface area contributed by atoms with Crippen LogP contribution in [0, 0.1) is 17.0 Å². The Bertz CT molecular complexity index is 503. The molecular formula is C14H21BrN2O3. The zero-order chi connectivity index (χ0) is 15.5. The zero-order valence-electron chi connectivity index (χ0n) is 12.5. The summed E-state index contributed by atoms with van der Waals surface area (Å²) >= 11 is 3.44. The number of nitrogens with zero attached hydrogens (tertiary/aromatic N) is 1. The number of halogens is 1. The Balaban J connectivity index is 2.92. The van der Waals surface area contributed by atoms with Crippen LogP contribution < -0.4 is 5.32 Å². The van der Waals surface area contributed by atoms with Gasteiger partial charge in [-0.05, 0) is 56.1 Å². The second kappa shape index (κ2) is 6.54. The molecule has 0 aliphatic carbocycles. The lowest BCUT2D eigenvalue weighted by Crippen LogP contribution is -2.31. The summed E-state index contributed by atoms with van der Waals surface area (Å²) in [6.45, 7) is 7.78. The predicted molar refractivity (Wildman–Crippen MR) is 84.3 cm³/mol. The highest BCUT2D eigenvalue weighted by Gasteiger charge is 2.21. The summed E-state index contributed by atoms with van der Waals surface area (Å²) < 4.78 is 6.22. The number of methoxy groups -OCH3 is 1. The van der Waals surface area contributed by atoms with E-state index in [-0.39, 0.29) is 22.3 Å². The Labute approximate surface area is 128 Å². The highest BCUT2D eigenvalue weighted by atomic mass is 79.9. The van der Waals surface area contributed by atoms with Crippen LogP contribution in [0.4, 0.5) is 11.4 Å². The van der Waals surface area contributed by atoms with Crippen molar-refractivity contribution in [2.45, 2.75) is 45.8 Å². The third kappa shape index (κ3) is 4.45. The molecule has 0 radical (unpaired) electrons. The first-order valence-corrected chi connectivity index (χ1v) is 7.22. The van der Waals surface area contributed by atoms with Crippen LogP contribution in [0.1, 0.15) is 32.8 Å². The van der Waals surface area contributed by atoms with E-state index in [0.717, 1.165) is 16.6 Å². The van der Waals surface area contributed by atoms with Crippen LogP contribution in [-0.2, 0) is 4.74 Å². The molecule has 0 fully saturated rings. The smallest absolute Gasteiger partial charge is 0.274 e. The van der Waals surface area contributed by atoms with Crippen molar-refractivity contribution in [2.24, 2.45) is 0 Å². The van der Waals surface area contributed by atoms with Crippen LogP contribution >= 0.6 is 15.9 Å². The van der Waals surface area contributed by atoms with E-state index in [1.165, 1.54) is 0 Å². The molecule has 0 bridgehead atoms. The van der Waals surface area contributed by atoms with Crippen molar-refractivity contribution in [3.63, 3.8) is 0 Å². The molecule has 1 aromatic rings. The van der Waals surface area contributed by atoms with E-state index in [4.69, 9.17) is 4.74 Å². The van der Waals surface area contributed by atoms with Gasteiger partial charge in [0, 0.05) is 29.3 Å². The van der Waals surface area contributed by atoms with Crippen molar-refractivity contribution >= 4 is 27.3 Å². The maximum Gasteiger partial charge on any atom is 0.274 e. The van der Waals surface area contributed by atoms with E-state index in [1.54, 1.807) is 26.2 Å². The van der Waals surface area contributed by atoms with Crippen LogP contribution in [0.3, 0.4) is 0 Å². The normalized spacial score (nSPS) is 13.1. The molecule has 112 valence electrons. The van der Waals surface area contributed by atoms with E-state index in [9.17, 15) is 10.1 Å². The second-order valence-electron chi connectivity index (χ2n) is 5.59. The lowest BCUT2D eigenvalue weighted by Gasteiger charge is -2.27. The number of ether oxygens (including phenoxy) is 1. The summed E-state index contributed by atoms with van der Waals surface area (Å²) in [4.78, 5) is 10.6. The van der Waals surface area contributed by atoms with Crippen molar-refractivity contribution in [3.8, 4) is 0 Å². The van der Waals surface area contributed by atoms with Crippen LogP contribution in [-0.4, -0.2) is 23.7 Å². The minimum absolute atomic E-state index is 0.119. The van der Waals surface area contributed by atoms with Gasteiger partial charge in [-0.2, -0.15) is 0 Å². The summed E-state index contributed by atoms with van der Waals surface area (Å²) in [5.74, 6) is 0. The summed E-state index contributed by atoms with van der Waals surface area (Å²) in [6, 6.07) is 3.45. The van der Waals surface area contributed by atoms with Crippen molar-refractivity contribution in [3.05, 3.63) is 32.3 Å². The molecule has 6 heteroatoms. The molecule has 0 spiro atoms. The van der Waals surface area contributed by atoms with Crippen molar-refractivity contribution in [1.29, 1.82) is 0 Å². The SMILES string of the molecule is COC(C)(C)CC(C)Nc1cc([N+](=O)[O-])c(C)cc1Br. The molecule has 0 heterocycles. The average molecular weight is 345 g/mol. The minimum Gasteiger partial charge on any atom is -0.381 e. The largest absolute Gasteiger partial charge is 0.381 e. The van der Waals surface area contributed by atoms with Gasteiger partial charge in [-0.15, -0.1) is 0 Å². The van der Waals surface area contributed by atoms with Crippen LogP contribution in [0.15, 0.2) is 16.6 Å². The van der Waals surface area contributed by atoms with Crippen molar-refractivity contribution < 1.29 is 9.66 Å². The molecule has 0 amide bonds. The Kier molecular flexibility index (Phi) is 5.53. The molecule has 1 unspecified atom stereocenters. The molecule has 1 atom stereocenters. The van der Waals surface area contributed by atoms with Crippen LogP contribution in [0.25, 0.3) is 0 Å². The lowest BCUT2D eigenvalue weighted by molar-refractivity contribution is -0.385. The fourth-order valence-electron chi connectivity index (χ4n) is 2.11. The first kappa shape index (κ1) is 16.9. The number of anilines is 1. The Hall–Kier alpha value is -1.14. The molecule has 0 aliphatic rings. The first-order chi connectivity index (χ1) is 9.16. The molecule has 1 N–H and O–H groups in total. The summed E-state index contributed by atoms with van der Waals surface area (Å²) in [5, 5.41) is 14.3. The fraction of sp³-hybridized carbons (Fsp3) is 0.571. The van der Waals surface area contributed by atoms with Crippen molar-refractivity contribution in [1.82, 2.24) is 0 Å². The summed E-state index contributed by atoms with van der Waals surface area (Å²) in [7, 11) is 1.68. The van der Waals surface area contributed by atoms with E-state index in [0.29, 0.717) is 5.56 Å². The fourth-order valence-corrected chi connectivity index (χ4v) is 2.68. The number of hydrogen-bond donors (Lipinski definition) is 1. The average Bonchev–Trinajstić information content (AvgIpc) is 2.31. The van der Waals surface area contributed by atoms with Gasteiger partial charge in [0.05, 0.1) is 16.2 Å². The van der Waals surface area contributed by atoms with Crippen molar-refractivity contribution in [2.75, 3.05) is 12.4 Å². The molecule has 0 saturated heterocycles.